The standard InChI is InChI=1S/C14H29NO4P/c1-6-8-9-10-12-18-20(17,19-14(16)7-2)13-11-15(3,4)5/h7H,2,6,8-13H2,1,3-5H3/q+1. The maximum Gasteiger partial charge on any atom is 0.387 e. The molecule has 0 aliphatic heterocycles. The van der Waals surface area contributed by atoms with Crippen molar-refractivity contribution in [3.8, 4) is 0 Å². The zero-order valence-electron chi connectivity index (χ0n) is 13.3. The first kappa shape index (κ1) is 19.4. The van der Waals surface area contributed by atoms with Gasteiger partial charge >= 0.3 is 13.6 Å². The van der Waals surface area contributed by atoms with Gasteiger partial charge in [-0.05, 0) is 6.42 Å². The minimum atomic E-state index is -3.37. The molecule has 0 bridgehead atoms. The van der Waals surface area contributed by atoms with E-state index >= 15 is 0 Å². The Labute approximate surface area is 123 Å². The lowest BCUT2D eigenvalue weighted by molar-refractivity contribution is -0.867. The quantitative estimate of drug-likeness (QED) is 0.254. The first-order valence-electron chi connectivity index (χ1n) is 7.12. The topological polar surface area (TPSA) is 52.6 Å². The maximum absolute atomic E-state index is 12.5. The van der Waals surface area contributed by atoms with Crippen LogP contribution >= 0.6 is 7.60 Å². The lowest BCUT2D eigenvalue weighted by atomic mass is 10.2. The summed E-state index contributed by atoms with van der Waals surface area (Å²) in [4.78, 5) is 11.3. The predicted octanol–water partition coefficient (Wildman–Crippen LogP) is 3.21. The number of carbonyl (C=O) groups excluding carboxylic acids is 1. The van der Waals surface area contributed by atoms with E-state index in [1.54, 1.807) is 0 Å². The van der Waals surface area contributed by atoms with E-state index in [-0.39, 0.29) is 6.16 Å². The largest absolute Gasteiger partial charge is 0.388 e. The third kappa shape index (κ3) is 10.2. The highest BCUT2D eigenvalue weighted by molar-refractivity contribution is 7.54. The summed E-state index contributed by atoms with van der Waals surface area (Å²) >= 11 is 0. The van der Waals surface area contributed by atoms with Crippen LogP contribution in [0.1, 0.15) is 32.6 Å². The molecule has 0 aromatic heterocycles. The lowest BCUT2D eigenvalue weighted by Gasteiger charge is -2.26. The Bertz CT molecular complexity index is 350. The molecule has 0 amide bonds. The molecule has 20 heavy (non-hydrogen) atoms. The molecule has 0 radical (unpaired) electrons. The molecule has 0 N–H and O–H groups in total. The Morgan fingerprint density at radius 1 is 1.25 bits per heavy atom. The van der Waals surface area contributed by atoms with Gasteiger partial charge in [0.15, 0.2) is 0 Å². The van der Waals surface area contributed by atoms with Crippen molar-refractivity contribution < 1.29 is 22.9 Å². The minimum absolute atomic E-state index is 0.226. The summed E-state index contributed by atoms with van der Waals surface area (Å²) in [7, 11) is 2.59. The molecule has 0 fully saturated rings. The van der Waals surface area contributed by atoms with Gasteiger partial charge < -0.3 is 9.01 Å². The van der Waals surface area contributed by atoms with Crippen molar-refractivity contribution in [2.75, 3.05) is 40.5 Å². The van der Waals surface area contributed by atoms with E-state index in [9.17, 15) is 9.36 Å². The summed E-state index contributed by atoms with van der Waals surface area (Å²) in [6.07, 6.45) is 5.35. The SMILES string of the molecule is C=CC(=O)OP(=O)(CC[N+](C)(C)C)OCCCCCC. The normalized spacial score (nSPS) is 14.6. The molecule has 118 valence electrons. The van der Waals surface area contributed by atoms with Gasteiger partial charge in [-0.25, -0.2) is 9.36 Å². The molecule has 0 aromatic carbocycles. The first-order valence-corrected chi connectivity index (χ1v) is 8.85. The van der Waals surface area contributed by atoms with E-state index < -0.39 is 13.6 Å². The summed E-state index contributed by atoms with van der Waals surface area (Å²) in [6.45, 7) is 6.41. The Hall–Kier alpha value is -0.640. The Morgan fingerprint density at radius 3 is 2.40 bits per heavy atom. The molecule has 0 saturated heterocycles. The zero-order valence-corrected chi connectivity index (χ0v) is 14.2. The van der Waals surface area contributed by atoms with Gasteiger partial charge in [0.25, 0.3) is 0 Å². The van der Waals surface area contributed by atoms with Gasteiger partial charge in [0.1, 0.15) is 6.16 Å². The number of hydrogen-bond acceptors (Lipinski definition) is 4. The Balaban J connectivity index is 4.42. The smallest absolute Gasteiger partial charge is 0.387 e. The van der Waals surface area contributed by atoms with Crippen LogP contribution in [0, 0.1) is 0 Å². The van der Waals surface area contributed by atoms with Crippen LogP contribution in [-0.2, 0) is 18.4 Å². The first-order chi connectivity index (χ1) is 9.22. The molecule has 1 atom stereocenters. The highest BCUT2D eigenvalue weighted by atomic mass is 31.2. The van der Waals surface area contributed by atoms with E-state index in [4.69, 9.17) is 9.05 Å². The molecule has 0 aliphatic carbocycles. The highest BCUT2D eigenvalue weighted by Crippen LogP contribution is 2.48. The molecule has 0 heterocycles. The van der Waals surface area contributed by atoms with Crippen molar-refractivity contribution in [2.45, 2.75) is 32.6 Å². The monoisotopic (exact) mass is 306 g/mol. The molecule has 6 heteroatoms. The summed E-state index contributed by atoms with van der Waals surface area (Å²) in [5.41, 5.74) is 0. The number of nitrogens with zero attached hydrogens (tertiary/aromatic N) is 1. The van der Waals surface area contributed by atoms with Crippen LogP contribution in [0.5, 0.6) is 0 Å². The number of rotatable bonds is 11. The highest BCUT2D eigenvalue weighted by Gasteiger charge is 2.30. The van der Waals surface area contributed by atoms with E-state index in [2.05, 4.69) is 13.5 Å². The second-order valence-electron chi connectivity index (χ2n) is 5.86. The average molecular weight is 306 g/mol. The second kappa shape index (κ2) is 9.32. The Morgan fingerprint density at radius 2 is 1.90 bits per heavy atom. The molecular weight excluding hydrogens is 277 g/mol. The van der Waals surface area contributed by atoms with Gasteiger partial charge in [0.2, 0.25) is 0 Å². The van der Waals surface area contributed by atoms with Crippen LogP contribution in [0.25, 0.3) is 0 Å². The molecular formula is C14H29NO4P+. The van der Waals surface area contributed by atoms with Crippen molar-refractivity contribution in [3.63, 3.8) is 0 Å². The summed E-state index contributed by atoms with van der Waals surface area (Å²) in [6, 6.07) is 0. The van der Waals surface area contributed by atoms with Crippen LogP contribution in [-0.4, -0.2) is 50.9 Å². The second-order valence-corrected chi connectivity index (χ2v) is 7.97. The fourth-order valence-electron chi connectivity index (χ4n) is 1.47. The van der Waals surface area contributed by atoms with Crippen molar-refractivity contribution in [3.05, 3.63) is 12.7 Å². The van der Waals surface area contributed by atoms with Gasteiger partial charge in [-0.2, -0.15) is 0 Å². The lowest BCUT2D eigenvalue weighted by Crippen LogP contribution is -2.37. The summed E-state index contributed by atoms with van der Waals surface area (Å²) < 4.78 is 23.5. The molecule has 0 aliphatic rings. The molecule has 5 nitrogen and oxygen atoms in total. The third-order valence-corrected chi connectivity index (χ3v) is 4.51. The fraction of sp³-hybridized carbons (Fsp3) is 0.786. The molecule has 0 saturated carbocycles. The number of hydrogen-bond donors (Lipinski definition) is 0. The number of carbonyl (C=O) groups is 1. The van der Waals surface area contributed by atoms with Crippen molar-refractivity contribution >= 4 is 13.6 Å². The summed E-state index contributed by atoms with van der Waals surface area (Å²) in [5.74, 6) is -0.691. The van der Waals surface area contributed by atoms with Gasteiger partial charge in [0, 0.05) is 6.08 Å². The number of quaternary nitrogens is 1. The fourth-order valence-corrected chi connectivity index (χ4v) is 3.34. The van der Waals surface area contributed by atoms with Crippen LogP contribution in [0.4, 0.5) is 0 Å². The van der Waals surface area contributed by atoms with E-state index in [1.165, 1.54) is 0 Å². The van der Waals surface area contributed by atoms with E-state index in [1.807, 2.05) is 21.1 Å². The third-order valence-electron chi connectivity index (χ3n) is 2.73. The molecule has 0 aromatic rings. The van der Waals surface area contributed by atoms with Crippen molar-refractivity contribution in [1.29, 1.82) is 0 Å². The number of unbranched alkanes of at least 4 members (excludes halogenated alkanes) is 3. The molecule has 0 spiro atoms. The van der Waals surface area contributed by atoms with Crippen molar-refractivity contribution in [2.24, 2.45) is 0 Å². The zero-order chi connectivity index (χ0) is 15.6. The van der Waals surface area contributed by atoms with Crippen molar-refractivity contribution in [1.82, 2.24) is 0 Å². The van der Waals surface area contributed by atoms with Gasteiger partial charge in [-0.3, -0.25) is 4.52 Å². The van der Waals surface area contributed by atoms with Crippen LogP contribution < -0.4 is 0 Å². The van der Waals surface area contributed by atoms with Gasteiger partial charge in [-0.1, -0.05) is 32.8 Å². The molecule has 0 rings (SSSR count). The van der Waals surface area contributed by atoms with Crippen LogP contribution in [0.3, 0.4) is 0 Å². The minimum Gasteiger partial charge on any atom is -0.388 e. The average Bonchev–Trinajstić information content (AvgIpc) is 2.35. The van der Waals surface area contributed by atoms with Gasteiger partial charge in [-0.15, -0.1) is 0 Å². The predicted molar refractivity (Wildman–Crippen MR) is 81.8 cm³/mol. The van der Waals surface area contributed by atoms with E-state index in [0.717, 1.165) is 31.8 Å². The molecule has 1 unspecified atom stereocenters. The van der Waals surface area contributed by atoms with Crippen LogP contribution in [0.2, 0.25) is 0 Å². The van der Waals surface area contributed by atoms with Gasteiger partial charge in [0.05, 0.1) is 34.3 Å². The maximum atomic E-state index is 12.5. The Kier molecular flexibility index (Phi) is 9.03. The summed E-state index contributed by atoms with van der Waals surface area (Å²) in [5, 5.41) is 0. The van der Waals surface area contributed by atoms with E-state index in [0.29, 0.717) is 17.6 Å². The van der Waals surface area contributed by atoms with Crippen LogP contribution in [0.15, 0.2) is 12.7 Å².